The van der Waals surface area contributed by atoms with Crippen LogP contribution in [-0.2, 0) is 14.8 Å². The fourth-order valence-electron chi connectivity index (χ4n) is 3.04. The van der Waals surface area contributed by atoms with E-state index in [0.29, 0.717) is 11.1 Å². The third-order valence-corrected chi connectivity index (χ3v) is 6.27. The lowest BCUT2D eigenvalue weighted by Crippen LogP contribution is -2.40. The van der Waals surface area contributed by atoms with Crippen molar-refractivity contribution in [3.05, 3.63) is 89.5 Å². The van der Waals surface area contributed by atoms with E-state index in [9.17, 15) is 26.8 Å². The number of hydrogen-bond donors (Lipinski definition) is 3. The van der Waals surface area contributed by atoms with Gasteiger partial charge >= 0.3 is 0 Å². The molecule has 0 aliphatic rings. The first-order valence-corrected chi connectivity index (χ1v) is 11.8. The molecule has 3 rings (SSSR count). The van der Waals surface area contributed by atoms with Gasteiger partial charge in [0.15, 0.2) is 0 Å². The summed E-state index contributed by atoms with van der Waals surface area (Å²) in [6, 6.07) is 15.8. The van der Waals surface area contributed by atoms with E-state index in [2.05, 4.69) is 15.4 Å². The summed E-state index contributed by atoms with van der Waals surface area (Å²) < 4.78 is 54.2. The van der Waals surface area contributed by atoms with Crippen molar-refractivity contribution in [2.45, 2.75) is 11.8 Å². The Labute approximate surface area is 196 Å². The van der Waals surface area contributed by atoms with Gasteiger partial charge in [-0.15, -0.1) is 0 Å². The van der Waals surface area contributed by atoms with E-state index in [1.807, 2.05) is 6.92 Å². The number of sulfonamides is 1. The number of carbonyl (C=O) groups is 2. The van der Waals surface area contributed by atoms with Crippen LogP contribution in [0.1, 0.15) is 15.9 Å². The molecular formula is C24H23F2N3O4S. The second-order valence-corrected chi connectivity index (χ2v) is 9.22. The maximum atomic E-state index is 14.2. The molecule has 34 heavy (non-hydrogen) atoms. The second-order valence-electron chi connectivity index (χ2n) is 7.45. The van der Waals surface area contributed by atoms with E-state index in [4.69, 9.17) is 0 Å². The molecule has 0 unspecified atom stereocenters. The molecule has 10 heteroatoms. The zero-order valence-electron chi connectivity index (χ0n) is 18.3. The van der Waals surface area contributed by atoms with E-state index in [-0.39, 0.29) is 23.5 Å². The van der Waals surface area contributed by atoms with Gasteiger partial charge in [0.25, 0.3) is 5.91 Å². The molecular weight excluding hydrogens is 464 g/mol. The van der Waals surface area contributed by atoms with Crippen LogP contribution in [-0.4, -0.2) is 39.9 Å². The molecule has 3 N–H and O–H groups in total. The maximum Gasteiger partial charge on any atom is 0.254 e. The summed E-state index contributed by atoms with van der Waals surface area (Å²) in [4.78, 5) is 24.3. The number of amides is 2. The van der Waals surface area contributed by atoms with Crippen molar-refractivity contribution in [1.82, 2.24) is 15.4 Å². The number of aryl methyl sites for hydroxylation is 1. The summed E-state index contributed by atoms with van der Waals surface area (Å²) in [6.07, 6.45) is 0. The van der Waals surface area contributed by atoms with Crippen molar-refractivity contribution in [1.29, 1.82) is 0 Å². The Morgan fingerprint density at radius 2 is 1.53 bits per heavy atom. The molecule has 0 heterocycles. The van der Waals surface area contributed by atoms with Gasteiger partial charge in [-0.25, -0.2) is 21.9 Å². The first-order chi connectivity index (χ1) is 16.2. The third kappa shape index (κ3) is 6.69. The van der Waals surface area contributed by atoms with E-state index in [1.165, 1.54) is 42.5 Å². The monoisotopic (exact) mass is 487 g/mol. The predicted molar refractivity (Wildman–Crippen MR) is 124 cm³/mol. The van der Waals surface area contributed by atoms with Crippen LogP contribution in [0.5, 0.6) is 0 Å². The minimum atomic E-state index is -3.83. The fraction of sp³-hybridized carbons (Fsp3) is 0.167. The quantitative estimate of drug-likeness (QED) is 0.404. The van der Waals surface area contributed by atoms with Crippen LogP contribution in [0.4, 0.5) is 8.78 Å². The van der Waals surface area contributed by atoms with Crippen LogP contribution in [0.3, 0.4) is 0 Å². The zero-order chi connectivity index (χ0) is 24.7. The smallest absolute Gasteiger partial charge is 0.254 e. The minimum Gasteiger partial charge on any atom is -0.353 e. The Hall–Kier alpha value is -3.63. The first-order valence-electron chi connectivity index (χ1n) is 10.3. The van der Waals surface area contributed by atoms with E-state index < -0.39 is 40.0 Å². The lowest BCUT2D eigenvalue weighted by atomic mass is 10.0. The van der Waals surface area contributed by atoms with Gasteiger partial charge in [0, 0.05) is 13.1 Å². The number of hydrogen-bond acceptors (Lipinski definition) is 4. The van der Waals surface area contributed by atoms with Crippen LogP contribution >= 0.6 is 0 Å². The Morgan fingerprint density at radius 1 is 0.853 bits per heavy atom. The van der Waals surface area contributed by atoms with Crippen LogP contribution < -0.4 is 15.4 Å². The molecule has 0 atom stereocenters. The van der Waals surface area contributed by atoms with Crippen LogP contribution in [0.2, 0.25) is 0 Å². The van der Waals surface area contributed by atoms with Crippen molar-refractivity contribution >= 4 is 21.8 Å². The van der Waals surface area contributed by atoms with Crippen molar-refractivity contribution in [2.24, 2.45) is 0 Å². The Bertz CT molecular complexity index is 1300. The van der Waals surface area contributed by atoms with Gasteiger partial charge in [0.1, 0.15) is 11.6 Å². The molecule has 0 fully saturated rings. The summed E-state index contributed by atoms with van der Waals surface area (Å²) in [7, 11) is -3.83. The number of nitrogens with one attached hydrogen (secondary N) is 3. The van der Waals surface area contributed by atoms with Gasteiger partial charge in [-0.2, -0.15) is 0 Å². The molecule has 0 spiro atoms. The molecule has 0 aliphatic heterocycles. The Balaban J connectivity index is 1.48. The molecule has 2 amide bonds. The summed E-state index contributed by atoms with van der Waals surface area (Å²) in [5.41, 5.74) is 1.65. The van der Waals surface area contributed by atoms with Crippen molar-refractivity contribution in [3.8, 4) is 11.1 Å². The SMILES string of the molecule is Cc1ccc(S(=O)(=O)NCC(=O)NCCNC(=O)c2cc(-c3cccc(F)c3)ccc2F)cc1. The van der Waals surface area contributed by atoms with Crippen molar-refractivity contribution in [2.75, 3.05) is 19.6 Å². The molecule has 7 nitrogen and oxygen atoms in total. The standard InChI is InChI=1S/C24H23F2N3O4S/c1-16-5-8-20(9-6-16)34(32,33)29-15-23(30)27-11-12-28-24(31)21-14-18(7-10-22(21)26)17-3-2-4-19(25)13-17/h2-10,13-14,29H,11-12,15H2,1H3,(H,27,30)(H,28,31). The van der Waals surface area contributed by atoms with Crippen LogP contribution in [0, 0.1) is 18.6 Å². The van der Waals surface area contributed by atoms with E-state index in [0.717, 1.165) is 11.6 Å². The van der Waals surface area contributed by atoms with Gasteiger partial charge < -0.3 is 10.6 Å². The molecule has 3 aromatic rings. The number of benzene rings is 3. The van der Waals surface area contributed by atoms with Gasteiger partial charge in [-0.1, -0.05) is 35.9 Å². The summed E-state index contributed by atoms with van der Waals surface area (Å²) >= 11 is 0. The highest BCUT2D eigenvalue weighted by atomic mass is 32.2. The normalized spacial score (nSPS) is 11.1. The molecule has 0 radical (unpaired) electrons. The summed E-state index contributed by atoms with van der Waals surface area (Å²) in [5, 5.41) is 4.95. The molecule has 0 aromatic heterocycles. The molecule has 178 valence electrons. The largest absolute Gasteiger partial charge is 0.353 e. The van der Waals surface area contributed by atoms with Crippen molar-refractivity contribution < 1.29 is 26.8 Å². The summed E-state index contributed by atoms with van der Waals surface area (Å²) in [6.45, 7) is 1.33. The molecule has 0 saturated carbocycles. The highest BCUT2D eigenvalue weighted by Gasteiger charge is 2.16. The number of rotatable bonds is 9. The average Bonchev–Trinajstić information content (AvgIpc) is 2.81. The number of carbonyl (C=O) groups excluding carboxylic acids is 2. The van der Waals surface area contributed by atoms with E-state index in [1.54, 1.807) is 18.2 Å². The fourth-order valence-corrected chi connectivity index (χ4v) is 4.03. The number of halogens is 2. The predicted octanol–water partition coefficient (Wildman–Crippen LogP) is 2.76. The minimum absolute atomic E-state index is 0.00202. The lowest BCUT2D eigenvalue weighted by Gasteiger charge is -2.10. The maximum absolute atomic E-state index is 14.2. The zero-order valence-corrected chi connectivity index (χ0v) is 19.1. The third-order valence-electron chi connectivity index (χ3n) is 4.86. The van der Waals surface area contributed by atoms with Crippen LogP contribution in [0.25, 0.3) is 11.1 Å². The van der Waals surface area contributed by atoms with Crippen LogP contribution in [0.15, 0.2) is 71.6 Å². The summed E-state index contributed by atoms with van der Waals surface area (Å²) in [5.74, 6) is -2.49. The van der Waals surface area contributed by atoms with Gasteiger partial charge in [-0.3, -0.25) is 9.59 Å². The van der Waals surface area contributed by atoms with Gasteiger partial charge in [-0.05, 0) is 54.4 Å². The first kappa shape index (κ1) is 25.0. The molecule has 0 bridgehead atoms. The molecule has 0 saturated heterocycles. The topological polar surface area (TPSA) is 104 Å². The molecule has 0 aliphatic carbocycles. The molecule has 3 aromatic carbocycles. The van der Waals surface area contributed by atoms with Gasteiger partial charge in [0.2, 0.25) is 15.9 Å². The Kier molecular flexibility index (Phi) is 8.08. The highest BCUT2D eigenvalue weighted by Crippen LogP contribution is 2.23. The second kappa shape index (κ2) is 11.0. The van der Waals surface area contributed by atoms with Gasteiger partial charge in [0.05, 0.1) is 17.0 Å². The van der Waals surface area contributed by atoms with E-state index >= 15 is 0 Å². The lowest BCUT2D eigenvalue weighted by molar-refractivity contribution is -0.119. The highest BCUT2D eigenvalue weighted by molar-refractivity contribution is 7.89. The van der Waals surface area contributed by atoms with Crippen molar-refractivity contribution in [3.63, 3.8) is 0 Å². The Morgan fingerprint density at radius 3 is 2.24 bits per heavy atom. The average molecular weight is 488 g/mol.